The summed E-state index contributed by atoms with van der Waals surface area (Å²) in [6.07, 6.45) is 0. The molecule has 19 heavy (non-hydrogen) atoms. The molecule has 0 bridgehead atoms. The molecule has 0 aliphatic rings. The topological polar surface area (TPSA) is 85.2 Å². The molecule has 2 aromatic rings. The number of nitrogens with zero attached hydrogens (tertiary/aromatic N) is 2. The smallest absolute Gasteiger partial charge is 0.267 e. The second-order valence-electron chi connectivity index (χ2n) is 4.01. The van der Waals surface area contributed by atoms with Crippen LogP contribution in [0.1, 0.15) is 10.5 Å². The molecule has 0 aliphatic carbocycles. The minimum atomic E-state index is -0.645. The molecule has 0 spiro atoms. The lowest BCUT2D eigenvalue weighted by atomic mass is 10.2. The summed E-state index contributed by atoms with van der Waals surface area (Å²) in [7, 11) is 1.68. The predicted octanol–water partition coefficient (Wildman–Crippen LogP) is 1.67. The van der Waals surface area contributed by atoms with Crippen molar-refractivity contribution in [3.05, 3.63) is 47.9 Å². The zero-order valence-corrected chi connectivity index (χ0v) is 10.3. The summed E-state index contributed by atoms with van der Waals surface area (Å²) in [6, 6.07) is 8.96. The zero-order valence-electron chi connectivity index (χ0n) is 10.3. The van der Waals surface area contributed by atoms with E-state index in [1.54, 1.807) is 24.1 Å². The van der Waals surface area contributed by atoms with E-state index in [2.05, 4.69) is 4.98 Å². The Kier molecular flexibility index (Phi) is 3.33. The van der Waals surface area contributed by atoms with Crippen LogP contribution < -0.4 is 16.4 Å². The number of carbonyl (C=O) groups excluding carboxylic acids is 1. The van der Waals surface area contributed by atoms with Gasteiger partial charge in [0.15, 0.2) is 5.82 Å². The maximum Gasteiger partial charge on any atom is 0.267 e. The van der Waals surface area contributed by atoms with Crippen LogP contribution in [-0.2, 0) is 0 Å². The number of aromatic nitrogens is 1. The molecule has 0 saturated heterocycles. The van der Waals surface area contributed by atoms with Crippen molar-refractivity contribution in [3.8, 4) is 0 Å². The number of carbonyl (C=O) groups is 1. The van der Waals surface area contributed by atoms with Crippen molar-refractivity contribution in [1.29, 1.82) is 0 Å². The summed E-state index contributed by atoms with van der Waals surface area (Å²) in [6.45, 7) is 0. The van der Waals surface area contributed by atoms with Crippen LogP contribution in [0.4, 0.5) is 21.6 Å². The Morgan fingerprint density at radius 2 is 2.05 bits per heavy atom. The van der Waals surface area contributed by atoms with Gasteiger partial charge in [-0.1, -0.05) is 6.07 Å². The van der Waals surface area contributed by atoms with E-state index in [1.165, 1.54) is 24.3 Å². The molecule has 1 aromatic carbocycles. The maximum absolute atomic E-state index is 13.2. The number of nitrogens with two attached hydrogens (primary N) is 2. The van der Waals surface area contributed by atoms with Crippen LogP contribution in [0.25, 0.3) is 0 Å². The van der Waals surface area contributed by atoms with Gasteiger partial charge in [0.05, 0.1) is 5.69 Å². The molecule has 0 radical (unpaired) electrons. The Morgan fingerprint density at radius 1 is 1.32 bits per heavy atom. The number of rotatable bonds is 3. The number of benzene rings is 1. The number of anilines is 3. The second kappa shape index (κ2) is 4.93. The van der Waals surface area contributed by atoms with Gasteiger partial charge >= 0.3 is 0 Å². The summed E-state index contributed by atoms with van der Waals surface area (Å²) >= 11 is 0. The van der Waals surface area contributed by atoms with E-state index < -0.39 is 5.91 Å². The predicted molar refractivity (Wildman–Crippen MR) is 71.6 cm³/mol. The first-order valence-corrected chi connectivity index (χ1v) is 5.54. The molecule has 0 saturated carbocycles. The largest absolute Gasteiger partial charge is 0.396 e. The molecule has 0 aliphatic heterocycles. The normalized spacial score (nSPS) is 10.2. The number of nitrogen functional groups attached to an aromatic ring is 1. The van der Waals surface area contributed by atoms with Gasteiger partial charge in [-0.2, -0.15) is 0 Å². The van der Waals surface area contributed by atoms with Gasteiger partial charge in [-0.25, -0.2) is 9.37 Å². The van der Waals surface area contributed by atoms with Crippen molar-refractivity contribution in [3.63, 3.8) is 0 Å². The number of amides is 1. The number of hydrogen-bond donors (Lipinski definition) is 2. The highest BCUT2D eigenvalue weighted by atomic mass is 19.1. The molecular formula is C13H13FN4O. The first kappa shape index (κ1) is 12.8. The third-order valence-electron chi connectivity index (χ3n) is 2.67. The van der Waals surface area contributed by atoms with Crippen LogP contribution in [0.15, 0.2) is 36.4 Å². The fourth-order valence-corrected chi connectivity index (χ4v) is 1.67. The van der Waals surface area contributed by atoms with Gasteiger partial charge in [0.1, 0.15) is 11.5 Å². The summed E-state index contributed by atoms with van der Waals surface area (Å²) in [5.74, 6) is -0.662. The lowest BCUT2D eigenvalue weighted by Gasteiger charge is -2.20. The summed E-state index contributed by atoms with van der Waals surface area (Å²) in [5.41, 5.74) is 12.0. The van der Waals surface area contributed by atoms with Crippen molar-refractivity contribution >= 4 is 23.1 Å². The highest BCUT2D eigenvalue weighted by molar-refractivity contribution is 5.92. The molecule has 2 rings (SSSR count). The number of pyridine rings is 1. The molecule has 0 fully saturated rings. The van der Waals surface area contributed by atoms with Crippen molar-refractivity contribution in [2.75, 3.05) is 17.7 Å². The summed E-state index contributed by atoms with van der Waals surface area (Å²) in [5, 5.41) is 0. The molecule has 0 unspecified atom stereocenters. The average Bonchev–Trinajstić information content (AvgIpc) is 2.38. The lowest BCUT2D eigenvalue weighted by Crippen LogP contribution is -2.18. The third kappa shape index (κ3) is 2.62. The third-order valence-corrected chi connectivity index (χ3v) is 2.67. The Hall–Kier alpha value is -2.63. The Balaban J connectivity index is 2.46. The van der Waals surface area contributed by atoms with Gasteiger partial charge in [-0.15, -0.1) is 0 Å². The van der Waals surface area contributed by atoms with E-state index in [9.17, 15) is 9.18 Å². The van der Waals surface area contributed by atoms with E-state index in [4.69, 9.17) is 11.5 Å². The minimum absolute atomic E-state index is 0.104. The van der Waals surface area contributed by atoms with Gasteiger partial charge in [0.2, 0.25) is 0 Å². The summed E-state index contributed by atoms with van der Waals surface area (Å²) in [4.78, 5) is 16.8. The van der Waals surface area contributed by atoms with Crippen molar-refractivity contribution < 1.29 is 9.18 Å². The number of hydrogen-bond acceptors (Lipinski definition) is 4. The maximum atomic E-state index is 13.2. The quantitative estimate of drug-likeness (QED) is 0.879. The molecule has 6 heteroatoms. The lowest BCUT2D eigenvalue weighted by molar-refractivity contribution is 0.0995. The van der Waals surface area contributed by atoms with E-state index in [1.807, 2.05) is 0 Å². The highest BCUT2D eigenvalue weighted by Gasteiger charge is 2.13. The standard InChI is InChI=1S/C13H13FN4O/c1-18(9-4-2-3-8(14)7-9)13-10(15)5-6-11(17-13)12(16)19/h2-7H,15H2,1H3,(H2,16,19). The molecular weight excluding hydrogens is 247 g/mol. The number of primary amides is 1. The van der Waals surface area contributed by atoms with Gasteiger partial charge in [-0.05, 0) is 30.3 Å². The number of halogens is 1. The van der Waals surface area contributed by atoms with Gasteiger partial charge in [0, 0.05) is 12.7 Å². The molecule has 4 N–H and O–H groups in total. The van der Waals surface area contributed by atoms with Crippen molar-refractivity contribution in [1.82, 2.24) is 4.98 Å². The Morgan fingerprint density at radius 3 is 2.68 bits per heavy atom. The van der Waals surface area contributed by atoms with Crippen LogP contribution in [0.3, 0.4) is 0 Å². The average molecular weight is 260 g/mol. The first-order chi connectivity index (χ1) is 8.99. The van der Waals surface area contributed by atoms with Crippen LogP contribution in [0, 0.1) is 5.82 Å². The monoisotopic (exact) mass is 260 g/mol. The van der Waals surface area contributed by atoms with Crippen molar-refractivity contribution in [2.24, 2.45) is 5.73 Å². The van der Waals surface area contributed by atoms with E-state index >= 15 is 0 Å². The van der Waals surface area contributed by atoms with Crippen molar-refractivity contribution in [2.45, 2.75) is 0 Å². The SMILES string of the molecule is CN(c1cccc(F)c1)c1nc(C(N)=O)ccc1N. The van der Waals surface area contributed by atoms with Crippen LogP contribution >= 0.6 is 0 Å². The van der Waals surface area contributed by atoms with Gasteiger partial charge < -0.3 is 16.4 Å². The van der Waals surface area contributed by atoms with E-state index in [0.717, 1.165) is 0 Å². The molecule has 1 heterocycles. The summed E-state index contributed by atoms with van der Waals surface area (Å²) < 4.78 is 13.2. The molecule has 98 valence electrons. The van der Waals surface area contributed by atoms with E-state index in [-0.39, 0.29) is 11.5 Å². The van der Waals surface area contributed by atoms with Crippen LogP contribution in [-0.4, -0.2) is 17.9 Å². The molecule has 5 nitrogen and oxygen atoms in total. The fraction of sp³-hybridized carbons (Fsp3) is 0.0769. The highest BCUT2D eigenvalue weighted by Crippen LogP contribution is 2.27. The van der Waals surface area contributed by atoms with Gasteiger partial charge in [-0.3, -0.25) is 4.79 Å². The van der Waals surface area contributed by atoms with Gasteiger partial charge in [0.25, 0.3) is 5.91 Å². The van der Waals surface area contributed by atoms with Crippen LogP contribution in [0.5, 0.6) is 0 Å². The van der Waals surface area contributed by atoms with Crippen LogP contribution in [0.2, 0.25) is 0 Å². The Labute approximate surface area is 109 Å². The van der Waals surface area contributed by atoms with E-state index in [0.29, 0.717) is 17.2 Å². The molecule has 0 atom stereocenters. The Bertz CT molecular complexity index is 630. The molecule has 1 amide bonds. The first-order valence-electron chi connectivity index (χ1n) is 5.54. The zero-order chi connectivity index (χ0) is 14.0. The second-order valence-corrected chi connectivity index (χ2v) is 4.01. The molecule has 1 aromatic heterocycles. The minimum Gasteiger partial charge on any atom is -0.396 e. The fourth-order valence-electron chi connectivity index (χ4n) is 1.67.